The number of nitrogens with zero attached hydrogens (tertiary/aromatic N) is 1. The molecular formula is C15H20N2O2. The second-order valence-electron chi connectivity index (χ2n) is 4.84. The van der Waals surface area contributed by atoms with Crippen LogP contribution in [0.15, 0.2) is 22.6 Å². The van der Waals surface area contributed by atoms with E-state index in [2.05, 4.69) is 24.9 Å². The Labute approximate surface area is 113 Å². The fraction of sp³-hybridized carbons (Fsp3) is 0.400. The lowest BCUT2D eigenvalue weighted by atomic mass is 9.98. The molecule has 0 unspecified atom stereocenters. The van der Waals surface area contributed by atoms with Crippen molar-refractivity contribution >= 4 is 0 Å². The Morgan fingerprint density at radius 1 is 1.37 bits per heavy atom. The predicted octanol–water partition coefficient (Wildman–Crippen LogP) is 3.24. The first-order valence-corrected chi connectivity index (χ1v) is 6.41. The summed E-state index contributed by atoms with van der Waals surface area (Å²) in [6.45, 7) is 6.52. The van der Waals surface area contributed by atoms with E-state index in [9.17, 15) is 0 Å². The average molecular weight is 260 g/mol. The highest BCUT2D eigenvalue weighted by molar-refractivity contribution is 5.63. The van der Waals surface area contributed by atoms with E-state index in [0.717, 1.165) is 28.3 Å². The van der Waals surface area contributed by atoms with Gasteiger partial charge in [-0.15, -0.1) is 0 Å². The summed E-state index contributed by atoms with van der Waals surface area (Å²) in [4.78, 5) is 4.30. The highest BCUT2D eigenvalue weighted by Crippen LogP contribution is 2.33. The number of ether oxygens (including phenoxy) is 1. The predicted molar refractivity (Wildman–Crippen MR) is 75.2 cm³/mol. The van der Waals surface area contributed by atoms with E-state index < -0.39 is 0 Å². The van der Waals surface area contributed by atoms with Crippen molar-refractivity contribution in [3.63, 3.8) is 0 Å². The highest BCUT2D eigenvalue weighted by Gasteiger charge is 2.14. The van der Waals surface area contributed by atoms with Crippen molar-refractivity contribution in [1.29, 1.82) is 0 Å². The van der Waals surface area contributed by atoms with Gasteiger partial charge in [-0.3, -0.25) is 0 Å². The van der Waals surface area contributed by atoms with Gasteiger partial charge >= 0.3 is 0 Å². The fourth-order valence-corrected chi connectivity index (χ4v) is 2.13. The molecule has 19 heavy (non-hydrogen) atoms. The smallest absolute Gasteiger partial charge is 0.208 e. The third-order valence-electron chi connectivity index (χ3n) is 3.13. The van der Waals surface area contributed by atoms with E-state index in [1.165, 1.54) is 0 Å². The largest absolute Gasteiger partial charge is 0.496 e. The van der Waals surface area contributed by atoms with Crippen LogP contribution in [0.3, 0.4) is 0 Å². The van der Waals surface area contributed by atoms with Gasteiger partial charge in [0.05, 0.1) is 19.3 Å². The van der Waals surface area contributed by atoms with Crippen LogP contribution in [0.25, 0.3) is 11.3 Å². The molecule has 0 aliphatic heterocycles. The van der Waals surface area contributed by atoms with Crippen LogP contribution in [0.2, 0.25) is 0 Å². The molecule has 2 rings (SSSR count). The minimum Gasteiger partial charge on any atom is -0.496 e. The molecule has 0 saturated carbocycles. The van der Waals surface area contributed by atoms with Crippen LogP contribution in [-0.2, 0) is 6.54 Å². The van der Waals surface area contributed by atoms with Crippen LogP contribution in [-0.4, -0.2) is 12.1 Å². The SMILES string of the molecule is COc1ccc(-c2oc(CN)nc2C)cc1C(C)C. The second kappa shape index (κ2) is 5.45. The van der Waals surface area contributed by atoms with E-state index in [-0.39, 0.29) is 0 Å². The highest BCUT2D eigenvalue weighted by atomic mass is 16.5. The van der Waals surface area contributed by atoms with Crippen LogP contribution < -0.4 is 10.5 Å². The Balaban J connectivity index is 2.50. The summed E-state index contributed by atoms with van der Waals surface area (Å²) in [7, 11) is 1.69. The molecule has 0 radical (unpaired) electrons. The summed E-state index contributed by atoms with van der Waals surface area (Å²) in [6, 6.07) is 6.05. The number of benzene rings is 1. The lowest BCUT2D eigenvalue weighted by Gasteiger charge is -2.12. The van der Waals surface area contributed by atoms with Crippen molar-refractivity contribution < 1.29 is 9.15 Å². The van der Waals surface area contributed by atoms with Crippen molar-refractivity contribution in [2.24, 2.45) is 5.73 Å². The molecule has 0 saturated heterocycles. The summed E-state index contributed by atoms with van der Waals surface area (Å²) in [6.07, 6.45) is 0. The summed E-state index contributed by atoms with van der Waals surface area (Å²) in [5, 5.41) is 0. The second-order valence-corrected chi connectivity index (χ2v) is 4.84. The number of oxazole rings is 1. The third kappa shape index (κ3) is 2.63. The van der Waals surface area contributed by atoms with Crippen molar-refractivity contribution in [2.75, 3.05) is 7.11 Å². The van der Waals surface area contributed by atoms with Crippen molar-refractivity contribution in [3.8, 4) is 17.1 Å². The van der Waals surface area contributed by atoms with Crippen LogP contribution in [0.5, 0.6) is 5.75 Å². The van der Waals surface area contributed by atoms with Gasteiger partial charge in [-0.1, -0.05) is 13.8 Å². The molecule has 2 N–H and O–H groups in total. The van der Waals surface area contributed by atoms with Gasteiger partial charge in [0.2, 0.25) is 5.89 Å². The summed E-state index contributed by atoms with van der Waals surface area (Å²) in [5.41, 5.74) is 8.59. The maximum Gasteiger partial charge on any atom is 0.208 e. The average Bonchev–Trinajstić information content (AvgIpc) is 2.79. The normalized spacial score (nSPS) is 11.1. The molecule has 1 aromatic heterocycles. The lowest BCUT2D eigenvalue weighted by molar-refractivity contribution is 0.407. The van der Waals surface area contributed by atoms with Crippen LogP contribution >= 0.6 is 0 Å². The van der Waals surface area contributed by atoms with Gasteiger partial charge in [-0.25, -0.2) is 4.98 Å². The van der Waals surface area contributed by atoms with Crippen LogP contribution in [0.4, 0.5) is 0 Å². The summed E-state index contributed by atoms with van der Waals surface area (Å²) < 4.78 is 11.1. The van der Waals surface area contributed by atoms with Gasteiger partial charge in [-0.05, 0) is 36.6 Å². The Kier molecular flexibility index (Phi) is 3.90. The first-order valence-electron chi connectivity index (χ1n) is 6.41. The van der Waals surface area contributed by atoms with Gasteiger partial charge < -0.3 is 14.9 Å². The third-order valence-corrected chi connectivity index (χ3v) is 3.13. The zero-order valence-electron chi connectivity index (χ0n) is 11.9. The summed E-state index contributed by atoms with van der Waals surface area (Å²) in [5.74, 6) is 2.63. The molecule has 4 nitrogen and oxygen atoms in total. The van der Waals surface area contributed by atoms with E-state index >= 15 is 0 Å². The molecule has 0 aliphatic carbocycles. The first-order chi connectivity index (χ1) is 9.06. The molecule has 0 amide bonds. The van der Waals surface area contributed by atoms with Gasteiger partial charge in [0.15, 0.2) is 5.76 Å². The van der Waals surface area contributed by atoms with Gasteiger partial charge in [-0.2, -0.15) is 0 Å². The van der Waals surface area contributed by atoms with Crippen LogP contribution in [0, 0.1) is 6.92 Å². The Morgan fingerprint density at radius 3 is 2.63 bits per heavy atom. The van der Waals surface area contributed by atoms with Gasteiger partial charge in [0.25, 0.3) is 0 Å². The molecule has 1 aromatic carbocycles. The van der Waals surface area contributed by atoms with E-state index in [1.54, 1.807) is 7.11 Å². The number of hydrogen-bond acceptors (Lipinski definition) is 4. The molecule has 0 aliphatic rings. The number of rotatable bonds is 4. The van der Waals surface area contributed by atoms with Gasteiger partial charge in [0.1, 0.15) is 5.75 Å². The van der Waals surface area contributed by atoms with Crippen LogP contribution in [0.1, 0.15) is 36.9 Å². The zero-order valence-corrected chi connectivity index (χ0v) is 11.9. The molecule has 0 atom stereocenters. The summed E-state index contributed by atoms with van der Waals surface area (Å²) >= 11 is 0. The monoisotopic (exact) mass is 260 g/mol. The quantitative estimate of drug-likeness (QED) is 0.916. The zero-order chi connectivity index (χ0) is 14.0. The molecule has 0 fully saturated rings. The number of aromatic nitrogens is 1. The molecular weight excluding hydrogens is 240 g/mol. The Hall–Kier alpha value is -1.81. The number of hydrogen-bond donors (Lipinski definition) is 1. The first kappa shape index (κ1) is 13.6. The Morgan fingerprint density at radius 2 is 2.11 bits per heavy atom. The van der Waals surface area contributed by atoms with Crippen molar-refractivity contribution in [3.05, 3.63) is 35.3 Å². The van der Waals surface area contributed by atoms with E-state index in [1.807, 2.05) is 19.1 Å². The maximum absolute atomic E-state index is 5.68. The Bertz CT molecular complexity index is 574. The molecule has 0 bridgehead atoms. The number of aryl methyl sites for hydroxylation is 1. The minimum atomic E-state index is 0.314. The van der Waals surface area contributed by atoms with E-state index in [0.29, 0.717) is 18.4 Å². The molecule has 0 spiro atoms. The standard InChI is InChI=1S/C15H20N2O2/c1-9(2)12-7-11(5-6-13(12)18-4)15-10(3)17-14(8-16)19-15/h5-7,9H,8,16H2,1-4H3. The maximum atomic E-state index is 5.68. The molecule has 1 heterocycles. The molecule has 102 valence electrons. The lowest BCUT2D eigenvalue weighted by Crippen LogP contribution is -1.95. The molecule has 2 aromatic rings. The van der Waals surface area contributed by atoms with E-state index in [4.69, 9.17) is 14.9 Å². The van der Waals surface area contributed by atoms with Crippen molar-refractivity contribution in [1.82, 2.24) is 4.98 Å². The number of nitrogens with two attached hydrogens (primary N) is 1. The topological polar surface area (TPSA) is 61.3 Å². The minimum absolute atomic E-state index is 0.314. The fourth-order valence-electron chi connectivity index (χ4n) is 2.13. The molecule has 4 heteroatoms. The van der Waals surface area contributed by atoms with Crippen molar-refractivity contribution in [2.45, 2.75) is 33.2 Å². The van der Waals surface area contributed by atoms with Gasteiger partial charge in [0, 0.05) is 5.56 Å². The number of methoxy groups -OCH3 is 1.